The highest BCUT2D eigenvalue weighted by Gasteiger charge is 2.37. The third kappa shape index (κ3) is 6.69. The van der Waals surface area contributed by atoms with Crippen molar-refractivity contribution in [1.82, 2.24) is 19.9 Å². The molecule has 4 aromatic rings. The number of para-hydroxylation sites is 1. The summed E-state index contributed by atoms with van der Waals surface area (Å²) in [6, 6.07) is 9.00. The van der Waals surface area contributed by atoms with Crippen LogP contribution in [0, 0.1) is 12.7 Å². The molecule has 1 unspecified atom stereocenters. The van der Waals surface area contributed by atoms with E-state index in [-0.39, 0.29) is 29.9 Å². The van der Waals surface area contributed by atoms with E-state index >= 15 is 4.39 Å². The highest BCUT2D eigenvalue weighted by molar-refractivity contribution is 7.17. The Hall–Kier alpha value is -4.75. The van der Waals surface area contributed by atoms with Gasteiger partial charge in [-0.2, -0.15) is 0 Å². The number of halogens is 2. The Morgan fingerprint density at radius 1 is 1.24 bits per heavy atom. The van der Waals surface area contributed by atoms with Crippen LogP contribution in [0.4, 0.5) is 26.8 Å². The SMILES string of the molecule is C=CC(=O)N1CCN2c3ncc(-c4ccc(OC)c(Nc5ncc(C=O)s5)n4)c(F)c3OCC2C1.CNc1c(C)cccc1Cl. The first kappa shape index (κ1) is 31.7. The largest absolute Gasteiger partial charge is 0.493 e. The first-order chi connectivity index (χ1) is 21.8. The molecule has 1 aromatic carbocycles. The Morgan fingerprint density at radius 3 is 2.73 bits per heavy atom. The summed E-state index contributed by atoms with van der Waals surface area (Å²) in [5.41, 5.74) is 2.68. The molecular weight excluding hydrogens is 621 g/mol. The van der Waals surface area contributed by atoms with Crippen molar-refractivity contribution in [3.05, 3.63) is 76.7 Å². The quantitative estimate of drug-likeness (QED) is 0.193. The number of aryl methyl sites for hydroxylation is 1. The van der Waals surface area contributed by atoms with Gasteiger partial charge in [0, 0.05) is 32.9 Å². The second kappa shape index (κ2) is 13.9. The molecule has 3 aromatic heterocycles. The maximum atomic E-state index is 15.6. The van der Waals surface area contributed by atoms with Gasteiger partial charge in [0.05, 0.1) is 46.2 Å². The first-order valence-corrected chi connectivity index (χ1v) is 15.1. The van der Waals surface area contributed by atoms with Gasteiger partial charge in [-0.15, -0.1) is 0 Å². The molecule has 2 N–H and O–H groups in total. The van der Waals surface area contributed by atoms with Crippen LogP contribution < -0.4 is 25.0 Å². The molecule has 14 heteroatoms. The Kier molecular flexibility index (Phi) is 9.79. The number of anilines is 4. The average molecular weight is 652 g/mol. The molecule has 45 heavy (non-hydrogen) atoms. The molecule has 2 aliphatic rings. The molecule has 1 amide bonds. The predicted molar refractivity (Wildman–Crippen MR) is 174 cm³/mol. The van der Waals surface area contributed by atoms with Crippen LogP contribution in [-0.2, 0) is 4.79 Å². The Balaban J connectivity index is 0.000000342. The second-order valence-corrected chi connectivity index (χ2v) is 11.5. The molecule has 1 saturated heterocycles. The second-order valence-electron chi connectivity index (χ2n) is 10.0. The summed E-state index contributed by atoms with van der Waals surface area (Å²) in [5, 5.41) is 7.27. The molecule has 6 rings (SSSR count). The fourth-order valence-electron chi connectivity index (χ4n) is 5.06. The molecule has 1 fully saturated rings. The van der Waals surface area contributed by atoms with Crippen LogP contribution in [0.2, 0.25) is 5.02 Å². The number of pyridine rings is 2. The number of hydrogen-bond donors (Lipinski definition) is 2. The van der Waals surface area contributed by atoms with E-state index in [0.29, 0.717) is 59.0 Å². The molecule has 2 aliphatic heterocycles. The van der Waals surface area contributed by atoms with Gasteiger partial charge >= 0.3 is 0 Å². The van der Waals surface area contributed by atoms with Crippen molar-refractivity contribution in [3.63, 3.8) is 0 Å². The Bertz CT molecular complexity index is 1720. The number of nitrogens with zero attached hydrogens (tertiary/aromatic N) is 5. The molecule has 11 nitrogen and oxygen atoms in total. The molecule has 0 radical (unpaired) electrons. The van der Waals surface area contributed by atoms with Crippen LogP contribution in [0.1, 0.15) is 15.2 Å². The summed E-state index contributed by atoms with van der Waals surface area (Å²) >= 11 is 7.02. The van der Waals surface area contributed by atoms with E-state index in [2.05, 4.69) is 32.2 Å². The van der Waals surface area contributed by atoms with Gasteiger partial charge in [0.25, 0.3) is 0 Å². The zero-order valence-electron chi connectivity index (χ0n) is 24.8. The Labute approximate surface area is 268 Å². The maximum Gasteiger partial charge on any atom is 0.246 e. The van der Waals surface area contributed by atoms with E-state index in [4.69, 9.17) is 21.1 Å². The van der Waals surface area contributed by atoms with E-state index in [1.54, 1.807) is 17.0 Å². The normalized spacial score (nSPS) is 15.0. The summed E-state index contributed by atoms with van der Waals surface area (Å²) < 4.78 is 26.8. The van der Waals surface area contributed by atoms with Gasteiger partial charge < -0.3 is 29.9 Å². The number of aromatic nitrogens is 3. The fourth-order valence-corrected chi connectivity index (χ4v) is 6.00. The van der Waals surface area contributed by atoms with Crippen LogP contribution in [0.5, 0.6) is 11.5 Å². The third-order valence-corrected chi connectivity index (χ3v) is 8.46. The predicted octanol–water partition coefficient (Wildman–Crippen LogP) is 5.59. The van der Waals surface area contributed by atoms with Gasteiger partial charge in [0.15, 0.2) is 40.4 Å². The number of hydrogen-bond acceptors (Lipinski definition) is 11. The topological polar surface area (TPSA) is 122 Å². The van der Waals surface area contributed by atoms with Crippen LogP contribution in [0.15, 0.2) is 55.4 Å². The van der Waals surface area contributed by atoms with Gasteiger partial charge in [-0.3, -0.25) is 9.59 Å². The minimum atomic E-state index is -0.570. The van der Waals surface area contributed by atoms with Crippen molar-refractivity contribution >= 4 is 57.6 Å². The number of rotatable bonds is 7. The minimum absolute atomic E-state index is 0.0601. The molecule has 0 spiro atoms. The number of fused-ring (bicyclic) bond motifs is 3. The van der Waals surface area contributed by atoms with Crippen LogP contribution in [-0.4, -0.2) is 78.5 Å². The molecular formula is C31H31ClFN7O4S. The summed E-state index contributed by atoms with van der Waals surface area (Å²) in [6.45, 7) is 7.24. The zero-order valence-corrected chi connectivity index (χ0v) is 26.4. The van der Waals surface area contributed by atoms with Crippen LogP contribution in [0.3, 0.4) is 0 Å². The lowest BCUT2D eigenvalue weighted by Crippen LogP contribution is -2.58. The number of nitrogens with one attached hydrogen (secondary N) is 2. The van der Waals surface area contributed by atoms with Gasteiger partial charge in [0.1, 0.15) is 6.61 Å². The number of carbonyl (C=O) groups is 2. The standard InChI is InChI=1S/C23H21FN6O4S.C8H10ClN/c1-3-18(32)29-6-7-30-13(10-29)12-34-20-19(24)15(9-25-22(20)30)16-4-5-17(33-2)21(27-16)28-23-26-8-14(11-31)35-23;1-6-4-3-5-7(9)8(6)10-2/h3-5,8-9,11,13H,1,6-7,10,12H2,2H3,(H,26,27,28);3-5,10H,1-2H3. The molecule has 0 aliphatic carbocycles. The molecule has 234 valence electrons. The van der Waals surface area contributed by atoms with Crippen molar-refractivity contribution in [3.8, 4) is 22.8 Å². The zero-order chi connectivity index (χ0) is 32.1. The Morgan fingerprint density at radius 2 is 2.07 bits per heavy atom. The maximum absolute atomic E-state index is 15.6. The van der Waals surface area contributed by atoms with Gasteiger partial charge in [-0.05, 0) is 36.8 Å². The number of thiazole rings is 1. The monoisotopic (exact) mass is 651 g/mol. The van der Waals surface area contributed by atoms with Crippen molar-refractivity contribution < 1.29 is 23.5 Å². The number of benzene rings is 1. The molecule has 1 atom stereocenters. The highest BCUT2D eigenvalue weighted by Crippen LogP contribution is 2.40. The first-order valence-electron chi connectivity index (χ1n) is 13.9. The van der Waals surface area contributed by atoms with E-state index < -0.39 is 5.82 Å². The average Bonchev–Trinajstić information content (AvgIpc) is 3.52. The van der Waals surface area contributed by atoms with Crippen molar-refractivity contribution in [1.29, 1.82) is 0 Å². The van der Waals surface area contributed by atoms with Gasteiger partial charge in [0.2, 0.25) is 5.91 Å². The summed E-state index contributed by atoms with van der Waals surface area (Å²) in [7, 11) is 3.36. The number of ether oxygens (including phenoxy) is 2. The molecule has 0 saturated carbocycles. The van der Waals surface area contributed by atoms with E-state index in [9.17, 15) is 9.59 Å². The van der Waals surface area contributed by atoms with Crippen molar-refractivity contribution in [2.24, 2.45) is 0 Å². The fraction of sp³-hybridized carbons (Fsp3) is 0.258. The lowest BCUT2D eigenvalue weighted by molar-refractivity contribution is -0.127. The van der Waals surface area contributed by atoms with Crippen LogP contribution >= 0.6 is 22.9 Å². The summed E-state index contributed by atoms with van der Waals surface area (Å²) in [5.74, 6) is 0.500. The molecule has 5 heterocycles. The van der Waals surface area contributed by atoms with Gasteiger partial charge in [-0.25, -0.2) is 19.3 Å². The van der Waals surface area contributed by atoms with E-state index in [1.165, 1.54) is 31.1 Å². The third-order valence-electron chi connectivity index (χ3n) is 7.31. The van der Waals surface area contributed by atoms with Crippen molar-refractivity contribution in [2.45, 2.75) is 13.0 Å². The number of amides is 1. The minimum Gasteiger partial charge on any atom is -0.493 e. The smallest absolute Gasteiger partial charge is 0.246 e. The lowest BCUT2D eigenvalue weighted by atomic mass is 10.1. The number of carbonyl (C=O) groups excluding carboxylic acids is 2. The number of aldehydes is 1. The van der Waals surface area contributed by atoms with Crippen LogP contribution in [0.25, 0.3) is 11.3 Å². The number of piperazine rings is 1. The van der Waals surface area contributed by atoms with Crippen molar-refractivity contribution in [2.75, 3.05) is 55.9 Å². The lowest BCUT2D eigenvalue weighted by Gasteiger charge is -2.44. The summed E-state index contributed by atoms with van der Waals surface area (Å²) in [4.78, 5) is 40.2. The molecule has 0 bridgehead atoms. The highest BCUT2D eigenvalue weighted by atomic mass is 35.5. The van der Waals surface area contributed by atoms with E-state index in [1.807, 2.05) is 37.1 Å². The number of methoxy groups -OCH3 is 1. The van der Waals surface area contributed by atoms with Gasteiger partial charge in [-0.1, -0.05) is 41.6 Å². The summed E-state index contributed by atoms with van der Waals surface area (Å²) in [6.07, 6.45) is 4.87. The van der Waals surface area contributed by atoms with E-state index in [0.717, 1.165) is 22.0 Å².